The summed E-state index contributed by atoms with van der Waals surface area (Å²) in [5, 5.41) is 3.33. The Morgan fingerprint density at radius 3 is 2.53 bits per heavy atom. The standard InChI is InChI=1S/C26H23BrN2O4S/c1-3-32-22-14-18(13-21(27)24(22)33-16-17-7-5-4-6-8-17)15-23-25(30)29-26(34-23)28-19-9-11-20(31-2)12-10-19/h4-15H,3,16H2,1-2H3,(H,28,29,30)/b23-15-. The smallest absolute Gasteiger partial charge is 0.264 e. The van der Waals surface area contributed by atoms with Gasteiger partial charge < -0.3 is 19.5 Å². The van der Waals surface area contributed by atoms with E-state index in [0.29, 0.717) is 34.8 Å². The van der Waals surface area contributed by atoms with Crippen molar-refractivity contribution in [1.82, 2.24) is 5.32 Å². The number of amidine groups is 1. The predicted molar refractivity (Wildman–Crippen MR) is 140 cm³/mol. The number of nitrogens with one attached hydrogen (secondary N) is 1. The number of methoxy groups -OCH3 is 1. The van der Waals surface area contributed by atoms with Gasteiger partial charge in [-0.05, 0) is 88.2 Å². The van der Waals surface area contributed by atoms with Gasteiger partial charge in [0, 0.05) is 0 Å². The molecule has 0 atom stereocenters. The van der Waals surface area contributed by atoms with Gasteiger partial charge in [-0.25, -0.2) is 4.99 Å². The summed E-state index contributed by atoms with van der Waals surface area (Å²) in [4.78, 5) is 17.6. The van der Waals surface area contributed by atoms with Crippen molar-refractivity contribution in [3.05, 3.63) is 87.2 Å². The van der Waals surface area contributed by atoms with E-state index in [1.165, 1.54) is 11.8 Å². The van der Waals surface area contributed by atoms with E-state index in [4.69, 9.17) is 14.2 Å². The number of hydrogen-bond acceptors (Lipinski definition) is 6. The SMILES string of the molecule is CCOc1cc(/C=C2\SC(=Nc3ccc(OC)cc3)NC2=O)cc(Br)c1OCc1ccccc1. The van der Waals surface area contributed by atoms with Gasteiger partial charge in [0.2, 0.25) is 0 Å². The van der Waals surface area contributed by atoms with E-state index < -0.39 is 0 Å². The van der Waals surface area contributed by atoms with Gasteiger partial charge in [-0.3, -0.25) is 4.79 Å². The molecule has 34 heavy (non-hydrogen) atoms. The van der Waals surface area contributed by atoms with Crippen LogP contribution in [0.2, 0.25) is 0 Å². The van der Waals surface area contributed by atoms with E-state index in [-0.39, 0.29) is 5.91 Å². The molecule has 0 radical (unpaired) electrons. The lowest BCUT2D eigenvalue weighted by molar-refractivity contribution is -0.115. The highest BCUT2D eigenvalue weighted by atomic mass is 79.9. The van der Waals surface area contributed by atoms with E-state index >= 15 is 0 Å². The molecule has 1 heterocycles. The number of halogens is 1. The minimum atomic E-state index is -0.198. The monoisotopic (exact) mass is 538 g/mol. The van der Waals surface area contributed by atoms with E-state index in [2.05, 4.69) is 26.2 Å². The Morgan fingerprint density at radius 2 is 1.82 bits per heavy atom. The van der Waals surface area contributed by atoms with Crippen LogP contribution in [0.25, 0.3) is 6.08 Å². The summed E-state index contributed by atoms with van der Waals surface area (Å²) in [5.41, 5.74) is 2.60. The second-order valence-electron chi connectivity index (χ2n) is 7.22. The number of rotatable bonds is 8. The van der Waals surface area contributed by atoms with Crippen LogP contribution in [-0.2, 0) is 11.4 Å². The topological polar surface area (TPSA) is 69.2 Å². The zero-order chi connectivity index (χ0) is 23.9. The number of thioether (sulfide) groups is 1. The molecule has 0 aromatic heterocycles. The van der Waals surface area contributed by atoms with Gasteiger partial charge in [-0.2, -0.15) is 0 Å². The summed E-state index contributed by atoms with van der Waals surface area (Å²) < 4.78 is 17.8. The first-order valence-electron chi connectivity index (χ1n) is 10.6. The molecule has 0 unspecified atom stereocenters. The number of carbonyl (C=O) groups excluding carboxylic acids is 1. The third kappa shape index (κ3) is 6.01. The molecule has 8 heteroatoms. The van der Waals surface area contributed by atoms with Crippen molar-refractivity contribution in [2.45, 2.75) is 13.5 Å². The van der Waals surface area contributed by atoms with Gasteiger partial charge in [-0.1, -0.05) is 30.3 Å². The Hall–Kier alpha value is -3.23. The zero-order valence-electron chi connectivity index (χ0n) is 18.7. The summed E-state index contributed by atoms with van der Waals surface area (Å²) in [6.45, 7) is 2.83. The molecule has 3 aromatic carbocycles. The average molecular weight is 539 g/mol. The van der Waals surface area contributed by atoms with E-state index in [9.17, 15) is 4.79 Å². The van der Waals surface area contributed by atoms with Crippen molar-refractivity contribution in [3.8, 4) is 17.2 Å². The Labute approximate surface area is 211 Å². The average Bonchev–Trinajstić information content (AvgIpc) is 3.18. The second kappa shape index (κ2) is 11.3. The molecule has 4 rings (SSSR count). The van der Waals surface area contributed by atoms with Crippen LogP contribution in [0.1, 0.15) is 18.1 Å². The van der Waals surface area contributed by atoms with Crippen molar-refractivity contribution < 1.29 is 19.0 Å². The van der Waals surface area contributed by atoms with Gasteiger partial charge in [0.05, 0.1) is 28.8 Å². The molecule has 0 saturated carbocycles. The molecule has 1 amide bonds. The molecule has 3 aromatic rings. The maximum absolute atomic E-state index is 12.5. The van der Waals surface area contributed by atoms with Crippen molar-refractivity contribution in [3.63, 3.8) is 0 Å². The van der Waals surface area contributed by atoms with Crippen LogP contribution in [0.15, 0.2) is 81.1 Å². The van der Waals surface area contributed by atoms with Crippen LogP contribution in [0.4, 0.5) is 5.69 Å². The van der Waals surface area contributed by atoms with Gasteiger partial charge in [0.25, 0.3) is 5.91 Å². The molecule has 1 N–H and O–H groups in total. The van der Waals surface area contributed by atoms with Crippen LogP contribution < -0.4 is 19.5 Å². The van der Waals surface area contributed by atoms with Gasteiger partial charge in [0.15, 0.2) is 16.7 Å². The molecule has 1 aliphatic rings. The number of benzene rings is 3. The lowest BCUT2D eigenvalue weighted by Crippen LogP contribution is -2.19. The molecular formula is C26H23BrN2O4S. The van der Waals surface area contributed by atoms with Gasteiger partial charge in [0.1, 0.15) is 12.4 Å². The van der Waals surface area contributed by atoms with Crippen molar-refractivity contribution in [2.24, 2.45) is 4.99 Å². The quantitative estimate of drug-likeness (QED) is 0.339. The van der Waals surface area contributed by atoms with E-state index in [0.717, 1.165) is 27.0 Å². The molecule has 1 fully saturated rings. The summed E-state index contributed by atoms with van der Waals surface area (Å²) in [5.74, 6) is 1.78. The molecule has 1 aliphatic heterocycles. The highest BCUT2D eigenvalue weighted by Gasteiger charge is 2.24. The lowest BCUT2D eigenvalue weighted by Gasteiger charge is -2.15. The number of nitrogens with zero attached hydrogens (tertiary/aromatic N) is 1. The van der Waals surface area contributed by atoms with E-state index in [1.807, 2.05) is 79.7 Å². The summed E-state index contributed by atoms with van der Waals surface area (Å²) in [6.07, 6.45) is 1.81. The Kier molecular flexibility index (Phi) is 7.92. The molecule has 6 nitrogen and oxygen atoms in total. The molecular weight excluding hydrogens is 516 g/mol. The van der Waals surface area contributed by atoms with E-state index in [1.54, 1.807) is 7.11 Å². The highest BCUT2D eigenvalue weighted by molar-refractivity contribution is 9.10. The third-order valence-corrected chi connectivity index (χ3v) is 6.31. The molecule has 174 valence electrons. The van der Waals surface area contributed by atoms with Gasteiger partial charge >= 0.3 is 0 Å². The third-order valence-electron chi connectivity index (χ3n) is 4.81. The van der Waals surface area contributed by atoms with Crippen molar-refractivity contribution >= 4 is 50.5 Å². The zero-order valence-corrected chi connectivity index (χ0v) is 21.1. The summed E-state index contributed by atoms with van der Waals surface area (Å²) >= 11 is 4.89. The maximum atomic E-state index is 12.5. The second-order valence-corrected chi connectivity index (χ2v) is 9.10. The predicted octanol–water partition coefficient (Wildman–Crippen LogP) is 6.33. The summed E-state index contributed by atoms with van der Waals surface area (Å²) in [6, 6.07) is 21.0. The fraction of sp³-hybridized carbons (Fsp3) is 0.154. The van der Waals surface area contributed by atoms with Crippen LogP contribution >= 0.6 is 27.7 Å². The van der Waals surface area contributed by atoms with Crippen molar-refractivity contribution in [2.75, 3.05) is 13.7 Å². The fourth-order valence-electron chi connectivity index (χ4n) is 3.21. The fourth-order valence-corrected chi connectivity index (χ4v) is 4.63. The largest absolute Gasteiger partial charge is 0.497 e. The van der Waals surface area contributed by atoms with Crippen LogP contribution in [-0.4, -0.2) is 24.8 Å². The number of ether oxygens (including phenoxy) is 3. The Bertz CT molecular complexity index is 1230. The highest BCUT2D eigenvalue weighted by Crippen LogP contribution is 2.39. The lowest BCUT2D eigenvalue weighted by atomic mass is 10.1. The first-order valence-corrected chi connectivity index (χ1v) is 12.2. The first-order chi connectivity index (χ1) is 16.6. The Balaban J connectivity index is 1.54. The van der Waals surface area contributed by atoms with Crippen molar-refractivity contribution in [1.29, 1.82) is 0 Å². The molecule has 0 bridgehead atoms. The van der Waals surface area contributed by atoms with Crippen LogP contribution in [0, 0.1) is 0 Å². The normalized spacial score (nSPS) is 15.4. The van der Waals surface area contributed by atoms with Gasteiger partial charge in [-0.15, -0.1) is 0 Å². The molecule has 0 aliphatic carbocycles. The maximum Gasteiger partial charge on any atom is 0.264 e. The number of hydrogen-bond donors (Lipinski definition) is 1. The number of amides is 1. The summed E-state index contributed by atoms with van der Waals surface area (Å²) in [7, 11) is 1.61. The minimum Gasteiger partial charge on any atom is -0.497 e. The first kappa shape index (κ1) is 23.9. The Morgan fingerprint density at radius 1 is 1.06 bits per heavy atom. The number of carbonyl (C=O) groups is 1. The number of aliphatic imine (C=N–C) groups is 1. The molecule has 0 spiro atoms. The van der Waals surface area contributed by atoms with Crippen LogP contribution in [0.5, 0.6) is 17.2 Å². The van der Waals surface area contributed by atoms with Crippen LogP contribution in [0.3, 0.4) is 0 Å². The molecule has 1 saturated heterocycles. The minimum absolute atomic E-state index is 0.198.